The largest absolute Gasteiger partial charge is 0.491 e. The van der Waals surface area contributed by atoms with E-state index in [-0.39, 0.29) is 18.7 Å². The van der Waals surface area contributed by atoms with Crippen LogP contribution in [0.2, 0.25) is 0 Å². The lowest BCUT2D eigenvalue weighted by atomic mass is 9.78. The van der Waals surface area contributed by atoms with Crippen LogP contribution in [0.3, 0.4) is 0 Å². The lowest BCUT2D eigenvalue weighted by molar-refractivity contribution is -0.138. The van der Waals surface area contributed by atoms with E-state index in [0.29, 0.717) is 36.9 Å². The number of ether oxygens (including phenoxy) is 2. The Kier molecular flexibility index (Phi) is 6.31. The molecule has 1 aromatic heterocycles. The molecule has 2 heterocycles. The number of aliphatic hydroxyl groups is 1. The Hall–Kier alpha value is -2.77. The van der Waals surface area contributed by atoms with Crippen LogP contribution >= 0.6 is 0 Å². The first kappa shape index (κ1) is 22.4. The molecule has 1 spiro atoms. The van der Waals surface area contributed by atoms with Crippen LogP contribution in [0.25, 0.3) is 5.57 Å². The molecule has 2 aliphatic rings. The highest BCUT2D eigenvalue weighted by Gasteiger charge is 2.41. The summed E-state index contributed by atoms with van der Waals surface area (Å²) in [4.78, 5) is 18.6. The first-order valence-electron chi connectivity index (χ1n) is 10.9. The molecule has 170 valence electrons. The van der Waals surface area contributed by atoms with E-state index in [0.717, 1.165) is 23.1 Å². The van der Waals surface area contributed by atoms with Gasteiger partial charge in [0, 0.05) is 31.1 Å². The fraction of sp³-hybridized carbons (Fsp3) is 0.440. The second-order valence-corrected chi connectivity index (χ2v) is 8.95. The van der Waals surface area contributed by atoms with Crippen molar-refractivity contribution in [3.05, 3.63) is 65.2 Å². The fourth-order valence-electron chi connectivity index (χ4n) is 4.44. The van der Waals surface area contributed by atoms with Gasteiger partial charge in [-0.3, -0.25) is 9.78 Å². The number of aromatic nitrogens is 1. The molecule has 1 aromatic carbocycles. The predicted molar refractivity (Wildman–Crippen MR) is 119 cm³/mol. The van der Waals surface area contributed by atoms with Gasteiger partial charge in [0.05, 0.1) is 24.0 Å². The predicted octanol–water partition coefficient (Wildman–Crippen LogP) is 4.11. The van der Waals surface area contributed by atoms with Gasteiger partial charge in [0.2, 0.25) is 0 Å². The van der Waals surface area contributed by atoms with E-state index in [2.05, 4.69) is 4.98 Å². The van der Waals surface area contributed by atoms with Crippen molar-refractivity contribution in [1.82, 2.24) is 9.88 Å². The smallest absolute Gasteiger partial charge is 0.255 e. The highest BCUT2D eigenvalue weighted by atomic mass is 19.1. The van der Waals surface area contributed by atoms with Crippen LogP contribution in [0.15, 0.2) is 42.7 Å². The number of carbonyl (C=O) groups is 1. The molecule has 1 N–H and O–H groups in total. The summed E-state index contributed by atoms with van der Waals surface area (Å²) in [7, 11) is 0. The Morgan fingerprint density at radius 3 is 2.81 bits per heavy atom. The average Bonchev–Trinajstić information content (AvgIpc) is 2.74. The number of aliphatic hydroxyl groups excluding tert-OH is 1. The van der Waals surface area contributed by atoms with Crippen LogP contribution in [0, 0.1) is 12.7 Å². The Balaban J connectivity index is 1.44. The third-order valence-corrected chi connectivity index (χ3v) is 6.00. The summed E-state index contributed by atoms with van der Waals surface area (Å²) in [6.45, 7) is 6.52. The van der Waals surface area contributed by atoms with Crippen molar-refractivity contribution in [2.75, 3.05) is 13.3 Å². The molecular weight excluding hydrogens is 411 g/mol. The molecular formula is C25H29FN2O4. The number of aryl methyl sites for hydroxylation is 1. The van der Waals surface area contributed by atoms with Crippen LogP contribution in [-0.2, 0) is 4.74 Å². The zero-order valence-electron chi connectivity index (χ0n) is 18.7. The molecule has 6 nitrogen and oxygen atoms in total. The molecule has 32 heavy (non-hydrogen) atoms. The topological polar surface area (TPSA) is 71.9 Å². The van der Waals surface area contributed by atoms with Gasteiger partial charge in [0.1, 0.15) is 18.3 Å². The maximum Gasteiger partial charge on any atom is 0.255 e. The van der Waals surface area contributed by atoms with Gasteiger partial charge in [-0.2, -0.15) is 0 Å². The summed E-state index contributed by atoms with van der Waals surface area (Å²) in [6, 6.07) is 6.86. The van der Waals surface area contributed by atoms with Crippen LogP contribution in [-0.4, -0.2) is 52.0 Å². The minimum Gasteiger partial charge on any atom is -0.491 e. The van der Waals surface area contributed by atoms with Gasteiger partial charge in [-0.1, -0.05) is 6.08 Å². The van der Waals surface area contributed by atoms with E-state index >= 15 is 0 Å². The molecule has 1 aliphatic carbocycles. The first-order chi connectivity index (χ1) is 15.2. The maximum atomic E-state index is 13.6. The maximum absolute atomic E-state index is 13.6. The summed E-state index contributed by atoms with van der Waals surface area (Å²) >= 11 is 0. The highest BCUT2D eigenvalue weighted by molar-refractivity contribution is 5.94. The Morgan fingerprint density at radius 1 is 1.34 bits per heavy atom. The lowest BCUT2D eigenvalue weighted by Gasteiger charge is -2.45. The first-order valence-corrected chi connectivity index (χ1v) is 10.9. The normalized spacial score (nSPS) is 23.4. The number of halogens is 1. The Morgan fingerprint density at radius 2 is 2.16 bits per heavy atom. The van der Waals surface area contributed by atoms with Crippen molar-refractivity contribution in [2.24, 2.45) is 0 Å². The number of hydrogen-bond donors (Lipinski definition) is 1. The van der Waals surface area contributed by atoms with Gasteiger partial charge in [-0.25, -0.2) is 4.39 Å². The van der Waals surface area contributed by atoms with Gasteiger partial charge < -0.3 is 19.5 Å². The summed E-state index contributed by atoms with van der Waals surface area (Å²) in [6.07, 6.45) is 5.43. The second kappa shape index (κ2) is 9.00. The molecule has 1 aliphatic heterocycles. The molecule has 1 amide bonds. The van der Waals surface area contributed by atoms with Crippen molar-refractivity contribution < 1.29 is 23.8 Å². The van der Waals surface area contributed by atoms with Crippen LogP contribution < -0.4 is 4.74 Å². The Bertz CT molecular complexity index is 1030. The number of pyridine rings is 1. The number of amides is 1. The van der Waals surface area contributed by atoms with E-state index < -0.39 is 17.5 Å². The number of hydrogen-bond acceptors (Lipinski definition) is 5. The minimum atomic E-state index is -0.694. The SMILES string of the molecule is Cc1cc(C(=O)N2CCC3(CC(c4cncc(F)c4)=CC(O)C3)OC2)ccc1OC(C)C. The summed E-state index contributed by atoms with van der Waals surface area (Å²) in [5.74, 6) is 0.257. The molecule has 1 saturated heterocycles. The number of benzene rings is 1. The van der Waals surface area contributed by atoms with Gasteiger partial charge in [0.25, 0.3) is 5.91 Å². The second-order valence-electron chi connectivity index (χ2n) is 8.95. The highest BCUT2D eigenvalue weighted by Crippen LogP contribution is 2.41. The lowest BCUT2D eigenvalue weighted by Crippen LogP contribution is -2.51. The number of carbonyl (C=O) groups excluding carboxylic acids is 1. The van der Waals surface area contributed by atoms with Crippen molar-refractivity contribution in [1.29, 1.82) is 0 Å². The monoisotopic (exact) mass is 440 g/mol. The third-order valence-electron chi connectivity index (χ3n) is 6.00. The molecule has 2 atom stereocenters. The van der Waals surface area contributed by atoms with E-state index in [9.17, 15) is 14.3 Å². The quantitative estimate of drug-likeness (QED) is 0.775. The van der Waals surface area contributed by atoms with Crippen LogP contribution in [0.1, 0.15) is 54.6 Å². The van der Waals surface area contributed by atoms with Crippen molar-refractivity contribution in [2.45, 2.75) is 57.8 Å². The van der Waals surface area contributed by atoms with Gasteiger partial charge in [-0.05, 0) is 68.2 Å². The minimum absolute atomic E-state index is 0.0647. The van der Waals surface area contributed by atoms with E-state index in [1.807, 2.05) is 32.9 Å². The van der Waals surface area contributed by atoms with Crippen molar-refractivity contribution in [3.8, 4) is 5.75 Å². The van der Waals surface area contributed by atoms with Crippen LogP contribution in [0.4, 0.5) is 4.39 Å². The molecule has 1 fully saturated rings. The number of nitrogens with zero attached hydrogens (tertiary/aromatic N) is 2. The van der Waals surface area contributed by atoms with Crippen molar-refractivity contribution in [3.63, 3.8) is 0 Å². The summed E-state index contributed by atoms with van der Waals surface area (Å²) in [5.41, 5.74) is 2.37. The van der Waals surface area contributed by atoms with Gasteiger partial charge >= 0.3 is 0 Å². The molecule has 2 aromatic rings. The van der Waals surface area contributed by atoms with Gasteiger partial charge in [0.15, 0.2) is 0 Å². The molecule has 0 bridgehead atoms. The molecule has 4 rings (SSSR count). The van der Waals surface area contributed by atoms with E-state index in [1.165, 1.54) is 6.07 Å². The summed E-state index contributed by atoms with van der Waals surface area (Å²) in [5, 5.41) is 10.4. The molecule has 0 radical (unpaired) electrons. The summed E-state index contributed by atoms with van der Waals surface area (Å²) < 4.78 is 25.6. The molecule has 0 saturated carbocycles. The number of rotatable bonds is 4. The third kappa shape index (κ3) is 4.84. The standard InChI is InChI=1S/C25H29FN2O4/c1-16(2)32-23-5-4-18(8-17(23)3)24(30)28-7-6-25(31-15-28)11-19(10-22(29)12-25)20-9-21(26)14-27-13-20/h4-5,8-10,13-14,16,22,29H,6-7,11-12,15H2,1-3H3. The van der Waals surface area contributed by atoms with E-state index in [4.69, 9.17) is 9.47 Å². The molecule has 2 unspecified atom stereocenters. The zero-order valence-corrected chi connectivity index (χ0v) is 18.7. The Labute approximate surface area is 187 Å². The molecule has 7 heteroatoms. The fourth-order valence-corrected chi connectivity index (χ4v) is 4.44. The van der Waals surface area contributed by atoms with Crippen LogP contribution in [0.5, 0.6) is 5.75 Å². The van der Waals surface area contributed by atoms with Crippen molar-refractivity contribution >= 4 is 11.5 Å². The van der Waals surface area contributed by atoms with E-state index in [1.54, 1.807) is 23.2 Å². The zero-order chi connectivity index (χ0) is 22.9. The van der Waals surface area contributed by atoms with Gasteiger partial charge in [-0.15, -0.1) is 0 Å². The average molecular weight is 441 g/mol.